The number of esters is 1. The molecular formula is C24H48O3. The van der Waals surface area contributed by atoms with E-state index in [1.165, 1.54) is 70.6 Å². The quantitative estimate of drug-likeness (QED) is 0.152. The molecule has 0 aromatic carbocycles. The van der Waals surface area contributed by atoms with E-state index in [2.05, 4.69) is 26.0 Å². The van der Waals surface area contributed by atoms with E-state index in [0.717, 1.165) is 25.7 Å². The first kappa shape index (κ1) is 28.4. The van der Waals surface area contributed by atoms with Crippen LogP contribution >= 0.6 is 0 Å². The summed E-state index contributed by atoms with van der Waals surface area (Å²) < 4.78 is 5.15. The largest absolute Gasteiger partial charge is 0.466 e. The Labute approximate surface area is 170 Å². The van der Waals surface area contributed by atoms with Crippen molar-refractivity contribution in [1.29, 1.82) is 0 Å². The fourth-order valence-corrected chi connectivity index (χ4v) is 2.74. The first-order valence-corrected chi connectivity index (χ1v) is 11.6. The van der Waals surface area contributed by atoms with Gasteiger partial charge in [0.25, 0.3) is 0 Å². The lowest BCUT2D eigenvalue weighted by atomic mass is 10.1. The van der Waals surface area contributed by atoms with Crippen molar-refractivity contribution in [1.82, 2.24) is 0 Å². The Balaban J connectivity index is 0. The molecule has 0 fully saturated rings. The maximum Gasteiger partial charge on any atom is 0.305 e. The minimum absolute atomic E-state index is 0.0129. The van der Waals surface area contributed by atoms with E-state index in [1.54, 1.807) is 6.92 Å². The van der Waals surface area contributed by atoms with E-state index >= 15 is 0 Å². The van der Waals surface area contributed by atoms with Crippen LogP contribution in [0, 0.1) is 0 Å². The van der Waals surface area contributed by atoms with Gasteiger partial charge in [-0.1, -0.05) is 83.8 Å². The normalized spacial score (nSPS) is 10.7. The second-order valence-electron chi connectivity index (χ2n) is 7.22. The van der Waals surface area contributed by atoms with Gasteiger partial charge in [0.2, 0.25) is 0 Å². The summed E-state index contributed by atoms with van der Waals surface area (Å²) in [7, 11) is 0. The number of hydrogen-bond acceptors (Lipinski definition) is 3. The van der Waals surface area contributed by atoms with Gasteiger partial charge in [0.15, 0.2) is 0 Å². The highest BCUT2D eigenvalue weighted by Crippen LogP contribution is 2.10. The van der Waals surface area contributed by atoms with Gasteiger partial charge in [0.1, 0.15) is 0 Å². The summed E-state index contributed by atoms with van der Waals surface area (Å²) in [5, 5.41) is 7.57. The minimum Gasteiger partial charge on any atom is -0.466 e. The number of aliphatic hydroxyl groups is 1. The average molecular weight is 385 g/mol. The third-order valence-corrected chi connectivity index (χ3v) is 4.40. The number of carbonyl (C=O) groups excluding carboxylic acids is 1. The molecule has 0 aromatic rings. The molecule has 3 heteroatoms. The fraction of sp³-hybridized carbons (Fsp3) is 0.875. The molecule has 0 bridgehead atoms. The maximum absolute atomic E-state index is 11.4. The summed E-state index contributed by atoms with van der Waals surface area (Å²) in [5.41, 5.74) is 0. The Hall–Kier alpha value is -0.830. The van der Waals surface area contributed by atoms with E-state index in [-0.39, 0.29) is 12.6 Å². The SMILES string of the molecule is CCCCCCCC/C=C\CCCCCCCC(=O)OCCCC.CCO. The van der Waals surface area contributed by atoms with Crippen LogP contribution < -0.4 is 0 Å². The van der Waals surface area contributed by atoms with Crippen molar-refractivity contribution in [3.63, 3.8) is 0 Å². The van der Waals surface area contributed by atoms with Crippen molar-refractivity contribution in [2.45, 2.75) is 124 Å². The van der Waals surface area contributed by atoms with Crippen LogP contribution in [0.2, 0.25) is 0 Å². The first-order valence-electron chi connectivity index (χ1n) is 11.6. The van der Waals surface area contributed by atoms with Crippen LogP contribution in [0.4, 0.5) is 0 Å². The highest BCUT2D eigenvalue weighted by molar-refractivity contribution is 5.69. The molecule has 0 aliphatic carbocycles. The Morgan fingerprint density at radius 1 is 0.704 bits per heavy atom. The van der Waals surface area contributed by atoms with Crippen molar-refractivity contribution in [3.8, 4) is 0 Å². The monoisotopic (exact) mass is 384 g/mol. The molecule has 27 heavy (non-hydrogen) atoms. The van der Waals surface area contributed by atoms with Gasteiger partial charge >= 0.3 is 5.97 Å². The molecule has 0 spiro atoms. The molecule has 0 amide bonds. The zero-order chi connectivity index (χ0) is 20.4. The molecule has 0 saturated heterocycles. The predicted octanol–water partition coefficient (Wildman–Crippen LogP) is 7.37. The second-order valence-corrected chi connectivity index (χ2v) is 7.22. The highest BCUT2D eigenvalue weighted by atomic mass is 16.5. The number of allylic oxidation sites excluding steroid dienone is 2. The van der Waals surface area contributed by atoms with Gasteiger partial charge in [-0.05, 0) is 45.4 Å². The van der Waals surface area contributed by atoms with Gasteiger partial charge < -0.3 is 9.84 Å². The van der Waals surface area contributed by atoms with Crippen molar-refractivity contribution < 1.29 is 14.6 Å². The number of carbonyl (C=O) groups is 1. The molecule has 0 heterocycles. The molecule has 162 valence electrons. The Bertz CT molecular complexity index is 300. The molecule has 1 N–H and O–H groups in total. The lowest BCUT2D eigenvalue weighted by Crippen LogP contribution is -2.05. The summed E-state index contributed by atoms with van der Waals surface area (Å²) in [6, 6.07) is 0. The van der Waals surface area contributed by atoms with E-state index in [1.807, 2.05) is 0 Å². The van der Waals surface area contributed by atoms with Gasteiger partial charge in [-0.15, -0.1) is 0 Å². The zero-order valence-electron chi connectivity index (χ0n) is 18.6. The molecule has 0 aliphatic heterocycles. The van der Waals surface area contributed by atoms with Crippen LogP contribution in [0.25, 0.3) is 0 Å². The van der Waals surface area contributed by atoms with E-state index in [9.17, 15) is 4.79 Å². The van der Waals surface area contributed by atoms with E-state index < -0.39 is 0 Å². The van der Waals surface area contributed by atoms with Gasteiger partial charge in [-0.2, -0.15) is 0 Å². The lowest BCUT2D eigenvalue weighted by Gasteiger charge is -2.03. The molecule has 0 radical (unpaired) electrons. The van der Waals surface area contributed by atoms with Gasteiger partial charge in [0.05, 0.1) is 6.61 Å². The number of rotatable bonds is 18. The fourth-order valence-electron chi connectivity index (χ4n) is 2.74. The van der Waals surface area contributed by atoms with Crippen LogP contribution in [0.15, 0.2) is 12.2 Å². The second kappa shape index (κ2) is 27.4. The summed E-state index contributed by atoms with van der Waals surface area (Å²) in [6.45, 7) is 6.91. The summed E-state index contributed by atoms with van der Waals surface area (Å²) >= 11 is 0. The lowest BCUT2D eigenvalue weighted by molar-refractivity contribution is -0.143. The summed E-state index contributed by atoms with van der Waals surface area (Å²) in [5.74, 6) is -0.0129. The maximum atomic E-state index is 11.4. The zero-order valence-corrected chi connectivity index (χ0v) is 18.6. The van der Waals surface area contributed by atoms with Crippen LogP contribution in [0.5, 0.6) is 0 Å². The minimum atomic E-state index is -0.0129. The highest BCUT2D eigenvalue weighted by Gasteiger charge is 2.01. The van der Waals surface area contributed by atoms with Crippen LogP contribution in [0.1, 0.15) is 124 Å². The summed E-state index contributed by atoms with van der Waals surface area (Å²) in [4.78, 5) is 11.4. The average Bonchev–Trinajstić information content (AvgIpc) is 2.66. The van der Waals surface area contributed by atoms with Crippen LogP contribution in [0.3, 0.4) is 0 Å². The van der Waals surface area contributed by atoms with Gasteiger partial charge in [-0.3, -0.25) is 4.79 Å². The standard InChI is InChI=1S/C22H42O2.C2H6O/c1-3-5-7-8-9-10-11-12-13-14-15-16-17-18-19-20-22(23)24-21-6-4-2;1-2-3/h12-13H,3-11,14-21H2,1-2H3;3H,2H2,1H3/b13-12-;. The van der Waals surface area contributed by atoms with Gasteiger partial charge in [0, 0.05) is 13.0 Å². The smallest absolute Gasteiger partial charge is 0.305 e. The molecule has 0 saturated carbocycles. The van der Waals surface area contributed by atoms with E-state index in [0.29, 0.717) is 13.0 Å². The van der Waals surface area contributed by atoms with Crippen LogP contribution in [-0.2, 0) is 9.53 Å². The van der Waals surface area contributed by atoms with Crippen molar-refractivity contribution >= 4 is 5.97 Å². The third kappa shape index (κ3) is 30.2. The molecular weight excluding hydrogens is 336 g/mol. The molecule has 0 aromatic heterocycles. The van der Waals surface area contributed by atoms with Crippen molar-refractivity contribution in [2.24, 2.45) is 0 Å². The molecule has 0 unspecified atom stereocenters. The van der Waals surface area contributed by atoms with Crippen molar-refractivity contribution in [3.05, 3.63) is 12.2 Å². The molecule has 0 rings (SSSR count). The molecule has 3 nitrogen and oxygen atoms in total. The number of unbranched alkanes of at least 4 members (excludes halogenated alkanes) is 12. The predicted molar refractivity (Wildman–Crippen MR) is 118 cm³/mol. The first-order chi connectivity index (χ1) is 13.2. The molecule has 0 aliphatic rings. The summed E-state index contributed by atoms with van der Waals surface area (Å²) in [6.07, 6.45) is 24.1. The van der Waals surface area contributed by atoms with Crippen LogP contribution in [-0.4, -0.2) is 24.3 Å². The van der Waals surface area contributed by atoms with Crippen molar-refractivity contribution in [2.75, 3.05) is 13.2 Å². The Morgan fingerprint density at radius 3 is 1.67 bits per heavy atom. The molecule has 0 atom stereocenters. The topological polar surface area (TPSA) is 46.5 Å². The Morgan fingerprint density at radius 2 is 1.15 bits per heavy atom. The number of ether oxygens (including phenoxy) is 1. The van der Waals surface area contributed by atoms with E-state index in [4.69, 9.17) is 9.84 Å². The number of aliphatic hydroxyl groups excluding tert-OH is 1. The van der Waals surface area contributed by atoms with Gasteiger partial charge in [-0.25, -0.2) is 0 Å². The third-order valence-electron chi connectivity index (χ3n) is 4.40. The Kier molecular flexibility index (Phi) is 28.8. The number of hydrogen-bond donors (Lipinski definition) is 1.